The maximum atomic E-state index is 12.0. The van der Waals surface area contributed by atoms with Gasteiger partial charge in [-0.15, -0.1) is 11.3 Å². The number of aromatic nitrogens is 1. The lowest BCUT2D eigenvalue weighted by atomic mass is 10.1. The maximum Gasteiger partial charge on any atom is 0.345 e. The molecule has 0 radical (unpaired) electrons. The number of alkyl halides is 2. The summed E-state index contributed by atoms with van der Waals surface area (Å²) in [5.74, 6) is 0.435. The van der Waals surface area contributed by atoms with Crippen molar-refractivity contribution < 1.29 is 17.9 Å². The fraction of sp³-hybridized carbons (Fsp3) is 0.353. The summed E-state index contributed by atoms with van der Waals surface area (Å²) in [6, 6.07) is 5.20. The standard InChI is InChI=1S/C17H17Cl2F2N3O2S/c18-13-7-11(23-8-10-2-1-5-27-10)16-15(24-13)14(19)12(26-16)6-9(22)3-4-25-17(20)21/h1-2,5,7,9,17H,3-4,6,8,22H2,(H,23,24)/t9-/m0/s1. The van der Waals surface area contributed by atoms with Crippen molar-refractivity contribution in [1.29, 1.82) is 0 Å². The number of hydrogen-bond acceptors (Lipinski definition) is 6. The molecular formula is C17H17Cl2F2N3O2S. The molecule has 0 aliphatic heterocycles. The highest BCUT2D eigenvalue weighted by Crippen LogP contribution is 2.36. The van der Waals surface area contributed by atoms with Gasteiger partial charge in [-0.25, -0.2) is 4.98 Å². The Balaban J connectivity index is 1.77. The molecule has 3 N–H and O–H groups in total. The van der Waals surface area contributed by atoms with Gasteiger partial charge in [0.2, 0.25) is 0 Å². The molecule has 0 aliphatic carbocycles. The van der Waals surface area contributed by atoms with Crippen LogP contribution in [0.25, 0.3) is 11.1 Å². The first-order chi connectivity index (χ1) is 12.9. The third-order valence-electron chi connectivity index (χ3n) is 3.83. The van der Waals surface area contributed by atoms with Gasteiger partial charge in [-0.3, -0.25) is 0 Å². The molecule has 0 saturated heterocycles. The van der Waals surface area contributed by atoms with Gasteiger partial charge in [-0.05, 0) is 17.9 Å². The predicted octanol–water partition coefficient (Wildman–Crippen LogP) is 5.31. The number of ether oxygens (including phenoxy) is 1. The van der Waals surface area contributed by atoms with E-state index in [-0.39, 0.29) is 24.6 Å². The minimum Gasteiger partial charge on any atom is -0.455 e. The number of nitrogens with two attached hydrogens (primary N) is 1. The Bertz CT molecular complexity index is 890. The molecule has 3 rings (SSSR count). The molecule has 0 bridgehead atoms. The number of halogens is 4. The van der Waals surface area contributed by atoms with Crippen LogP contribution < -0.4 is 11.1 Å². The number of nitrogens with one attached hydrogen (secondary N) is 1. The summed E-state index contributed by atoms with van der Waals surface area (Å²) in [5.41, 5.74) is 7.55. The number of nitrogens with zero attached hydrogens (tertiary/aromatic N) is 1. The largest absolute Gasteiger partial charge is 0.455 e. The van der Waals surface area contributed by atoms with Crippen molar-refractivity contribution in [1.82, 2.24) is 4.98 Å². The molecule has 3 aromatic heterocycles. The van der Waals surface area contributed by atoms with E-state index in [2.05, 4.69) is 15.0 Å². The molecule has 3 aromatic rings. The second-order valence-electron chi connectivity index (χ2n) is 5.83. The zero-order chi connectivity index (χ0) is 19.4. The van der Waals surface area contributed by atoms with Crippen molar-refractivity contribution in [3.8, 4) is 0 Å². The molecule has 27 heavy (non-hydrogen) atoms. The highest BCUT2D eigenvalue weighted by atomic mass is 35.5. The van der Waals surface area contributed by atoms with Crippen LogP contribution >= 0.6 is 34.5 Å². The van der Waals surface area contributed by atoms with Crippen molar-refractivity contribution in [2.75, 3.05) is 11.9 Å². The van der Waals surface area contributed by atoms with Crippen LogP contribution in [0, 0.1) is 0 Å². The molecule has 0 saturated carbocycles. The van der Waals surface area contributed by atoms with Crippen molar-refractivity contribution in [2.24, 2.45) is 5.73 Å². The van der Waals surface area contributed by atoms with E-state index >= 15 is 0 Å². The quantitative estimate of drug-likeness (QED) is 0.445. The summed E-state index contributed by atoms with van der Waals surface area (Å²) in [4.78, 5) is 5.38. The van der Waals surface area contributed by atoms with E-state index in [0.29, 0.717) is 34.1 Å². The molecule has 3 heterocycles. The Morgan fingerprint density at radius 1 is 1.37 bits per heavy atom. The summed E-state index contributed by atoms with van der Waals surface area (Å²) in [6.45, 7) is -2.35. The topological polar surface area (TPSA) is 73.3 Å². The van der Waals surface area contributed by atoms with E-state index in [1.807, 2.05) is 17.5 Å². The second-order valence-corrected chi connectivity index (χ2v) is 7.62. The zero-order valence-electron chi connectivity index (χ0n) is 14.1. The van der Waals surface area contributed by atoms with E-state index in [0.717, 1.165) is 4.88 Å². The molecule has 0 unspecified atom stereocenters. The van der Waals surface area contributed by atoms with E-state index in [1.165, 1.54) is 0 Å². The first kappa shape index (κ1) is 20.3. The van der Waals surface area contributed by atoms with Crippen molar-refractivity contribution in [3.63, 3.8) is 0 Å². The SMILES string of the molecule is N[C@@H](CCOC(F)F)Cc1oc2c(NCc3cccs3)cc(Cl)nc2c1Cl. The van der Waals surface area contributed by atoms with E-state index in [9.17, 15) is 8.78 Å². The molecule has 0 fully saturated rings. The summed E-state index contributed by atoms with van der Waals surface area (Å²) in [6.07, 6.45) is 0.513. The third-order valence-corrected chi connectivity index (χ3v) is 5.29. The second kappa shape index (κ2) is 9.16. The van der Waals surface area contributed by atoms with Gasteiger partial charge >= 0.3 is 6.61 Å². The van der Waals surface area contributed by atoms with Gasteiger partial charge in [0.25, 0.3) is 0 Å². The predicted molar refractivity (Wildman–Crippen MR) is 104 cm³/mol. The van der Waals surface area contributed by atoms with Crippen molar-refractivity contribution >= 4 is 51.3 Å². The average Bonchev–Trinajstić information content (AvgIpc) is 3.22. The third kappa shape index (κ3) is 5.30. The summed E-state index contributed by atoms with van der Waals surface area (Å²) in [7, 11) is 0. The maximum absolute atomic E-state index is 12.0. The number of rotatable bonds is 9. The van der Waals surface area contributed by atoms with Gasteiger partial charge in [0.15, 0.2) is 5.58 Å². The summed E-state index contributed by atoms with van der Waals surface area (Å²) < 4.78 is 34.2. The zero-order valence-corrected chi connectivity index (χ0v) is 16.4. The highest BCUT2D eigenvalue weighted by Gasteiger charge is 2.20. The lowest BCUT2D eigenvalue weighted by Crippen LogP contribution is -2.25. The van der Waals surface area contributed by atoms with E-state index in [4.69, 9.17) is 33.4 Å². The minimum atomic E-state index is -2.81. The van der Waals surface area contributed by atoms with Crippen molar-refractivity contribution in [3.05, 3.63) is 44.4 Å². The van der Waals surface area contributed by atoms with E-state index < -0.39 is 12.7 Å². The van der Waals surface area contributed by atoms with Crippen LogP contribution in [0.1, 0.15) is 17.1 Å². The Morgan fingerprint density at radius 3 is 2.89 bits per heavy atom. The molecule has 0 aliphatic rings. The van der Waals surface area contributed by atoms with Gasteiger partial charge in [0.05, 0.1) is 12.3 Å². The van der Waals surface area contributed by atoms with Crippen LogP contribution in [0.3, 0.4) is 0 Å². The van der Waals surface area contributed by atoms with Crippen LogP contribution in [-0.2, 0) is 17.7 Å². The Kier molecular flexibility index (Phi) is 6.88. The van der Waals surface area contributed by atoms with Crippen LogP contribution in [0.2, 0.25) is 10.2 Å². The van der Waals surface area contributed by atoms with Gasteiger partial charge in [-0.1, -0.05) is 29.3 Å². The summed E-state index contributed by atoms with van der Waals surface area (Å²) >= 11 is 14.1. The number of anilines is 1. The molecule has 0 spiro atoms. The van der Waals surface area contributed by atoms with Crippen LogP contribution in [0.4, 0.5) is 14.5 Å². The molecule has 10 heteroatoms. The molecule has 0 amide bonds. The molecular weight excluding hydrogens is 419 g/mol. The van der Waals surface area contributed by atoms with Crippen LogP contribution in [0.15, 0.2) is 28.0 Å². The van der Waals surface area contributed by atoms with Gasteiger partial charge in [-0.2, -0.15) is 8.78 Å². The van der Waals surface area contributed by atoms with Crippen LogP contribution in [0.5, 0.6) is 0 Å². The first-order valence-electron chi connectivity index (χ1n) is 8.13. The number of fused-ring (bicyclic) bond motifs is 1. The van der Waals surface area contributed by atoms with Crippen LogP contribution in [-0.4, -0.2) is 24.2 Å². The fourth-order valence-electron chi connectivity index (χ4n) is 2.56. The average molecular weight is 436 g/mol. The molecule has 5 nitrogen and oxygen atoms in total. The molecule has 146 valence electrons. The lowest BCUT2D eigenvalue weighted by Gasteiger charge is -2.10. The lowest BCUT2D eigenvalue weighted by molar-refractivity contribution is -0.129. The van der Waals surface area contributed by atoms with Gasteiger partial charge in [0, 0.05) is 30.0 Å². The molecule has 1 atom stereocenters. The Labute approximate surface area is 168 Å². The number of pyridine rings is 1. The number of furan rings is 1. The number of hydrogen-bond donors (Lipinski definition) is 2. The fourth-order valence-corrected chi connectivity index (χ4v) is 3.64. The number of thiophene rings is 1. The Morgan fingerprint density at radius 2 is 2.19 bits per heavy atom. The normalized spacial score (nSPS) is 12.8. The summed E-state index contributed by atoms with van der Waals surface area (Å²) in [5, 5.41) is 5.86. The minimum absolute atomic E-state index is 0.144. The van der Waals surface area contributed by atoms with Gasteiger partial charge < -0.3 is 20.2 Å². The first-order valence-corrected chi connectivity index (χ1v) is 9.76. The smallest absolute Gasteiger partial charge is 0.345 e. The monoisotopic (exact) mass is 435 g/mol. The van der Waals surface area contributed by atoms with Crippen molar-refractivity contribution in [2.45, 2.75) is 32.0 Å². The Hall–Kier alpha value is -1.45. The highest BCUT2D eigenvalue weighted by molar-refractivity contribution is 7.09. The molecule has 0 aromatic carbocycles. The van der Waals surface area contributed by atoms with Gasteiger partial charge in [0.1, 0.15) is 21.5 Å². The van der Waals surface area contributed by atoms with E-state index in [1.54, 1.807) is 17.4 Å².